The SMILES string of the molecule is CCC1C(=O)NC(=O)CN1C(=O)c1ccc(C)c(F)c1. The maximum absolute atomic E-state index is 13.5. The number of nitrogens with zero attached hydrogens (tertiary/aromatic N) is 1. The zero-order valence-corrected chi connectivity index (χ0v) is 11.3. The first-order valence-corrected chi connectivity index (χ1v) is 6.35. The van der Waals surface area contributed by atoms with E-state index in [4.69, 9.17) is 0 Å². The van der Waals surface area contributed by atoms with Crippen LogP contribution in [0.1, 0.15) is 29.3 Å². The minimum absolute atomic E-state index is 0.133. The summed E-state index contributed by atoms with van der Waals surface area (Å²) in [6.07, 6.45) is 0.388. The van der Waals surface area contributed by atoms with Gasteiger partial charge in [-0.25, -0.2) is 4.39 Å². The van der Waals surface area contributed by atoms with E-state index in [-0.39, 0.29) is 12.1 Å². The van der Waals surface area contributed by atoms with Crippen molar-refractivity contribution in [3.63, 3.8) is 0 Å². The number of aryl methyl sites for hydroxylation is 1. The fourth-order valence-corrected chi connectivity index (χ4v) is 2.18. The summed E-state index contributed by atoms with van der Waals surface area (Å²) in [4.78, 5) is 36.6. The van der Waals surface area contributed by atoms with E-state index in [1.54, 1.807) is 13.8 Å². The molecule has 0 aromatic heterocycles. The molecule has 0 bridgehead atoms. The topological polar surface area (TPSA) is 66.5 Å². The molecule has 1 saturated heterocycles. The molecule has 20 heavy (non-hydrogen) atoms. The Morgan fingerprint density at radius 1 is 1.45 bits per heavy atom. The van der Waals surface area contributed by atoms with Crippen LogP contribution in [0.5, 0.6) is 0 Å². The molecule has 0 aliphatic carbocycles. The lowest BCUT2D eigenvalue weighted by Crippen LogP contribution is -2.59. The van der Waals surface area contributed by atoms with Crippen LogP contribution in [0.15, 0.2) is 18.2 Å². The lowest BCUT2D eigenvalue weighted by molar-refractivity contribution is -0.138. The second-order valence-electron chi connectivity index (χ2n) is 4.73. The molecule has 3 amide bonds. The average molecular weight is 278 g/mol. The van der Waals surface area contributed by atoms with Crippen molar-refractivity contribution in [2.75, 3.05) is 6.54 Å². The summed E-state index contributed by atoms with van der Waals surface area (Å²) in [5.74, 6) is -2.03. The minimum Gasteiger partial charge on any atom is -0.317 e. The van der Waals surface area contributed by atoms with E-state index in [2.05, 4.69) is 5.32 Å². The molecule has 1 aromatic carbocycles. The molecule has 1 aliphatic rings. The van der Waals surface area contributed by atoms with E-state index < -0.39 is 29.6 Å². The Balaban J connectivity index is 2.32. The highest BCUT2D eigenvalue weighted by molar-refractivity contribution is 6.07. The Bertz CT molecular complexity index is 586. The van der Waals surface area contributed by atoms with Crippen LogP contribution in [-0.4, -0.2) is 35.2 Å². The van der Waals surface area contributed by atoms with Crippen molar-refractivity contribution >= 4 is 17.7 Å². The van der Waals surface area contributed by atoms with Gasteiger partial charge in [0.15, 0.2) is 0 Å². The third-order valence-corrected chi connectivity index (χ3v) is 3.32. The second kappa shape index (κ2) is 5.40. The van der Waals surface area contributed by atoms with Crippen molar-refractivity contribution < 1.29 is 18.8 Å². The number of halogens is 1. The molecule has 1 aliphatic heterocycles. The molecule has 5 nitrogen and oxygen atoms in total. The summed E-state index contributed by atoms with van der Waals surface area (Å²) in [6.45, 7) is 3.14. The van der Waals surface area contributed by atoms with Crippen LogP contribution in [0.25, 0.3) is 0 Å². The summed E-state index contributed by atoms with van der Waals surface area (Å²) >= 11 is 0. The van der Waals surface area contributed by atoms with Gasteiger partial charge in [0.1, 0.15) is 18.4 Å². The monoisotopic (exact) mass is 278 g/mol. The van der Waals surface area contributed by atoms with Crippen LogP contribution in [0.4, 0.5) is 4.39 Å². The first-order valence-electron chi connectivity index (χ1n) is 6.35. The number of imide groups is 1. The third kappa shape index (κ3) is 2.54. The van der Waals surface area contributed by atoms with Crippen molar-refractivity contribution in [1.29, 1.82) is 0 Å². The molecular weight excluding hydrogens is 263 g/mol. The molecule has 1 N–H and O–H groups in total. The van der Waals surface area contributed by atoms with E-state index >= 15 is 0 Å². The van der Waals surface area contributed by atoms with E-state index in [1.807, 2.05) is 0 Å². The predicted molar refractivity (Wildman–Crippen MR) is 69.4 cm³/mol. The van der Waals surface area contributed by atoms with E-state index in [1.165, 1.54) is 17.0 Å². The van der Waals surface area contributed by atoms with Crippen LogP contribution in [0, 0.1) is 12.7 Å². The quantitative estimate of drug-likeness (QED) is 0.821. The summed E-state index contributed by atoms with van der Waals surface area (Å²) in [6, 6.07) is 3.41. The molecule has 6 heteroatoms. The lowest BCUT2D eigenvalue weighted by Gasteiger charge is -2.33. The Hall–Kier alpha value is -2.24. The van der Waals surface area contributed by atoms with Gasteiger partial charge in [0.2, 0.25) is 11.8 Å². The fourth-order valence-electron chi connectivity index (χ4n) is 2.18. The first-order chi connectivity index (χ1) is 9.43. The molecular formula is C14H15FN2O3. The van der Waals surface area contributed by atoms with Gasteiger partial charge in [-0.2, -0.15) is 0 Å². The normalized spacial score (nSPS) is 18.9. The van der Waals surface area contributed by atoms with Crippen molar-refractivity contribution in [2.24, 2.45) is 0 Å². The summed E-state index contributed by atoms with van der Waals surface area (Å²) in [7, 11) is 0. The lowest BCUT2D eigenvalue weighted by atomic mass is 10.1. The molecule has 1 fully saturated rings. The minimum atomic E-state index is -0.704. The van der Waals surface area contributed by atoms with Gasteiger partial charge in [0, 0.05) is 5.56 Å². The van der Waals surface area contributed by atoms with Crippen LogP contribution in [0.2, 0.25) is 0 Å². The Kier molecular flexibility index (Phi) is 3.83. The molecule has 0 spiro atoms. The predicted octanol–water partition coefficient (Wildman–Crippen LogP) is 1.01. The number of carbonyl (C=O) groups is 3. The van der Waals surface area contributed by atoms with Crippen molar-refractivity contribution in [3.05, 3.63) is 35.1 Å². The Labute approximate surface area is 115 Å². The van der Waals surface area contributed by atoms with Gasteiger partial charge in [-0.1, -0.05) is 13.0 Å². The number of benzene rings is 1. The highest BCUT2D eigenvalue weighted by Crippen LogP contribution is 2.16. The van der Waals surface area contributed by atoms with Crippen molar-refractivity contribution in [2.45, 2.75) is 26.3 Å². The fraction of sp³-hybridized carbons (Fsp3) is 0.357. The zero-order valence-electron chi connectivity index (χ0n) is 11.3. The molecule has 2 rings (SSSR count). The van der Waals surface area contributed by atoms with E-state index in [0.29, 0.717) is 12.0 Å². The Morgan fingerprint density at radius 2 is 2.15 bits per heavy atom. The maximum atomic E-state index is 13.5. The molecule has 1 heterocycles. The van der Waals surface area contributed by atoms with Crippen LogP contribution in [0.3, 0.4) is 0 Å². The van der Waals surface area contributed by atoms with E-state index in [9.17, 15) is 18.8 Å². The first kappa shape index (κ1) is 14.2. The number of amides is 3. The van der Waals surface area contributed by atoms with Crippen molar-refractivity contribution in [1.82, 2.24) is 10.2 Å². The highest BCUT2D eigenvalue weighted by atomic mass is 19.1. The molecule has 106 valence electrons. The second-order valence-corrected chi connectivity index (χ2v) is 4.73. The number of nitrogens with one attached hydrogen (secondary N) is 1. The third-order valence-electron chi connectivity index (χ3n) is 3.32. The smallest absolute Gasteiger partial charge is 0.255 e. The van der Waals surface area contributed by atoms with Gasteiger partial charge >= 0.3 is 0 Å². The molecule has 0 saturated carbocycles. The van der Waals surface area contributed by atoms with Gasteiger partial charge in [-0.15, -0.1) is 0 Å². The number of hydrogen-bond donors (Lipinski definition) is 1. The maximum Gasteiger partial charge on any atom is 0.255 e. The average Bonchev–Trinajstić information content (AvgIpc) is 2.40. The molecule has 0 radical (unpaired) electrons. The van der Waals surface area contributed by atoms with Gasteiger partial charge in [-0.3, -0.25) is 19.7 Å². The summed E-state index contributed by atoms with van der Waals surface area (Å²) in [5, 5.41) is 2.19. The largest absolute Gasteiger partial charge is 0.317 e. The summed E-state index contributed by atoms with van der Waals surface area (Å²) in [5.41, 5.74) is 0.565. The van der Waals surface area contributed by atoms with Crippen LogP contribution >= 0.6 is 0 Å². The standard InChI is InChI=1S/C14H15FN2O3/c1-3-11-13(19)16-12(18)7-17(11)14(20)9-5-4-8(2)10(15)6-9/h4-6,11H,3,7H2,1-2H3,(H,16,18,19). The highest BCUT2D eigenvalue weighted by Gasteiger charge is 2.35. The van der Waals surface area contributed by atoms with Crippen LogP contribution < -0.4 is 5.32 Å². The number of hydrogen-bond acceptors (Lipinski definition) is 3. The van der Waals surface area contributed by atoms with Gasteiger partial charge in [-0.05, 0) is 31.0 Å². The zero-order chi connectivity index (χ0) is 14.9. The van der Waals surface area contributed by atoms with E-state index in [0.717, 1.165) is 6.07 Å². The Morgan fingerprint density at radius 3 is 2.75 bits per heavy atom. The number of piperazine rings is 1. The molecule has 1 atom stereocenters. The van der Waals surface area contributed by atoms with Gasteiger partial charge < -0.3 is 4.90 Å². The van der Waals surface area contributed by atoms with Crippen molar-refractivity contribution in [3.8, 4) is 0 Å². The van der Waals surface area contributed by atoms with Gasteiger partial charge in [0.05, 0.1) is 0 Å². The molecule has 1 aromatic rings. The molecule has 1 unspecified atom stereocenters. The number of carbonyl (C=O) groups excluding carboxylic acids is 3. The van der Waals surface area contributed by atoms with Gasteiger partial charge in [0.25, 0.3) is 5.91 Å². The summed E-state index contributed by atoms with van der Waals surface area (Å²) < 4.78 is 13.5. The van der Waals surface area contributed by atoms with Crippen LogP contribution in [-0.2, 0) is 9.59 Å². The number of rotatable bonds is 2.